The number of hydrogen-bond acceptors (Lipinski definition) is 7. The van der Waals surface area contributed by atoms with Crippen LogP contribution in [0.25, 0.3) is 0 Å². The highest BCUT2D eigenvalue weighted by Crippen LogP contribution is 2.38. The predicted octanol–water partition coefficient (Wildman–Crippen LogP) is 5.23. The summed E-state index contributed by atoms with van der Waals surface area (Å²) < 4.78 is 33.7. The van der Waals surface area contributed by atoms with Gasteiger partial charge in [-0.25, -0.2) is 0 Å². The highest BCUT2D eigenvalue weighted by Gasteiger charge is 2.20. The molecule has 0 fully saturated rings. The van der Waals surface area contributed by atoms with E-state index in [-0.39, 0.29) is 25.8 Å². The second-order valence-corrected chi connectivity index (χ2v) is 11.5. The SMILES string of the molecule is CCCCCCCCCCCOCC(COP(=O)([O-])OCC[N+](C)(C)C)OC(=O)CCCCC. The molecule has 9 heteroatoms. The van der Waals surface area contributed by atoms with Crippen LogP contribution < -0.4 is 4.89 Å². The van der Waals surface area contributed by atoms with Crippen LogP contribution in [0.15, 0.2) is 0 Å². The van der Waals surface area contributed by atoms with Crippen LogP contribution in [0.3, 0.4) is 0 Å². The lowest BCUT2D eigenvalue weighted by Gasteiger charge is -2.28. The van der Waals surface area contributed by atoms with Crippen molar-refractivity contribution in [1.29, 1.82) is 0 Å². The molecule has 0 aromatic carbocycles. The van der Waals surface area contributed by atoms with E-state index in [2.05, 4.69) is 13.8 Å². The number of quaternary nitrogens is 1. The number of phosphoric ester groups is 1. The third-order valence-electron chi connectivity index (χ3n) is 5.41. The lowest BCUT2D eigenvalue weighted by molar-refractivity contribution is -0.870. The van der Waals surface area contributed by atoms with Gasteiger partial charge in [0.15, 0.2) is 0 Å². The summed E-state index contributed by atoms with van der Waals surface area (Å²) in [6.45, 7) is 5.19. The second-order valence-electron chi connectivity index (χ2n) is 10.1. The van der Waals surface area contributed by atoms with Crippen molar-refractivity contribution in [3.05, 3.63) is 0 Å². The van der Waals surface area contributed by atoms with Crippen molar-refractivity contribution in [3.63, 3.8) is 0 Å². The zero-order valence-corrected chi connectivity index (χ0v) is 23.5. The molecule has 0 aromatic rings. The Hall–Kier alpha value is -0.500. The number of ether oxygens (including phenoxy) is 2. The van der Waals surface area contributed by atoms with Crippen LogP contribution in [-0.4, -0.2) is 70.7 Å². The molecule has 0 radical (unpaired) electrons. The van der Waals surface area contributed by atoms with Gasteiger partial charge in [-0.2, -0.15) is 0 Å². The molecule has 8 nitrogen and oxygen atoms in total. The zero-order valence-electron chi connectivity index (χ0n) is 22.6. The summed E-state index contributed by atoms with van der Waals surface area (Å²) in [6, 6.07) is 0. The molecule has 0 heterocycles. The van der Waals surface area contributed by atoms with Gasteiger partial charge in [0.2, 0.25) is 0 Å². The molecule has 2 atom stereocenters. The number of unbranched alkanes of at least 4 members (excludes halogenated alkanes) is 10. The Kier molecular flexibility index (Phi) is 20.4. The fourth-order valence-corrected chi connectivity index (χ4v) is 3.98. The molecule has 2 unspecified atom stereocenters. The lowest BCUT2D eigenvalue weighted by Crippen LogP contribution is -2.37. The first kappa shape index (κ1) is 33.5. The van der Waals surface area contributed by atoms with Crippen molar-refractivity contribution in [2.45, 2.75) is 103 Å². The second kappa shape index (κ2) is 20.7. The Morgan fingerprint density at radius 2 is 1.35 bits per heavy atom. The molecule has 0 amide bonds. The van der Waals surface area contributed by atoms with Gasteiger partial charge < -0.3 is 27.9 Å². The van der Waals surface area contributed by atoms with Gasteiger partial charge in [-0.3, -0.25) is 9.36 Å². The van der Waals surface area contributed by atoms with Crippen molar-refractivity contribution >= 4 is 13.8 Å². The Morgan fingerprint density at radius 1 is 0.794 bits per heavy atom. The van der Waals surface area contributed by atoms with E-state index in [4.69, 9.17) is 18.5 Å². The molecule has 0 saturated heterocycles. The molecule has 0 aromatic heterocycles. The minimum atomic E-state index is -4.48. The van der Waals surface area contributed by atoms with Gasteiger partial charge in [-0.15, -0.1) is 0 Å². The van der Waals surface area contributed by atoms with E-state index in [1.165, 1.54) is 44.9 Å². The van der Waals surface area contributed by atoms with Gasteiger partial charge in [0, 0.05) is 13.0 Å². The number of rotatable bonds is 24. The first-order chi connectivity index (χ1) is 16.1. The smallest absolute Gasteiger partial charge is 0.306 e. The third kappa shape index (κ3) is 23.3. The quantitative estimate of drug-likeness (QED) is 0.0761. The molecule has 0 rings (SSSR count). The Labute approximate surface area is 208 Å². The number of esters is 1. The van der Waals surface area contributed by atoms with E-state index in [9.17, 15) is 14.3 Å². The third-order valence-corrected chi connectivity index (χ3v) is 6.37. The van der Waals surface area contributed by atoms with Gasteiger partial charge >= 0.3 is 5.97 Å². The first-order valence-electron chi connectivity index (χ1n) is 13.3. The molecule has 0 spiro atoms. The molecule has 0 aliphatic carbocycles. The first-order valence-corrected chi connectivity index (χ1v) is 14.7. The van der Waals surface area contributed by atoms with Crippen molar-refractivity contribution in [2.24, 2.45) is 0 Å². The maximum atomic E-state index is 12.1. The summed E-state index contributed by atoms with van der Waals surface area (Å²) >= 11 is 0. The van der Waals surface area contributed by atoms with Crippen LogP contribution in [-0.2, 0) is 27.9 Å². The van der Waals surface area contributed by atoms with Crippen molar-refractivity contribution in [1.82, 2.24) is 0 Å². The molecule has 0 bridgehead atoms. The van der Waals surface area contributed by atoms with Crippen LogP contribution in [0.5, 0.6) is 0 Å². The maximum Gasteiger partial charge on any atom is 0.306 e. The molecular formula is C25H52NO7P. The fourth-order valence-electron chi connectivity index (χ4n) is 3.25. The van der Waals surface area contributed by atoms with Crippen LogP contribution in [0.1, 0.15) is 97.3 Å². The van der Waals surface area contributed by atoms with E-state index in [1.54, 1.807) is 0 Å². The molecule has 204 valence electrons. The van der Waals surface area contributed by atoms with Gasteiger partial charge in [0.05, 0.1) is 34.4 Å². The molecule has 0 aliphatic rings. The number of likely N-dealkylation sites (N-methyl/N-ethyl adjacent to an activating group) is 1. The van der Waals surface area contributed by atoms with Gasteiger partial charge in [0.1, 0.15) is 19.3 Å². The standard InChI is InChI=1S/C25H52NO7P/c1-6-8-10-11-12-13-14-15-17-20-30-22-24(33-25(27)18-16-9-7-2)23-32-34(28,29)31-21-19-26(3,4)5/h24H,6-23H2,1-5H3. The minimum absolute atomic E-state index is 0.0286. The van der Waals surface area contributed by atoms with E-state index >= 15 is 0 Å². The van der Waals surface area contributed by atoms with Crippen molar-refractivity contribution in [2.75, 3.05) is 54.1 Å². The molecule has 0 aliphatic heterocycles. The summed E-state index contributed by atoms with van der Waals surface area (Å²) in [5.74, 6) is -0.361. The van der Waals surface area contributed by atoms with Gasteiger partial charge in [0.25, 0.3) is 7.82 Å². The number of carbonyl (C=O) groups excluding carboxylic acids is 1. The Bertz CT molecular complexity index is 540. The monoisotopic (exact) mass is 509 g/mol. The summed E-state index contributed by atoms with van der Waals surface area (Å²) in [5.41, 5.74) is 0. The Balaban J connectivity index is 4.30. The molecule has 34 heavy (non-hydrogen) atoms. The topological polar surface area (TPSA) is 94.1 Å². The average molecular weight is 510 g/mol. The predicted molar refractivity (Wildman–Crippen MR) is 134 cm³/mol. The summed E-state index contributed by atoms with van der Waals surface area (Å²) in [4.78, 5) is 24.2. The van der Waals surface area contributed by atoms with Crippen LogP contribution in [0.2, 0.25) is 0 Å². The average Bonchev–Trinajstić information content (AvgIpc) is 2.74. The fraction of sp³-hybridized carbons (Fsp3) is 0.960. The van der Waals surface area contributed by atoms with E-state index < -0.39 is 13.9 Å². The molecule has 0 saturated carbocycles. The Morgan fingerprint density at radius 3 is 1.94 bits per heavy atom. The lowest BCUT2D eigenvalue weighted by atomic mass is 10.1. The molecular weight excluding hydrogens is 457 g/mol. The van der Waals surface area contributed by atoms with Gasteiger partial charge in [-0.05, 0) is 12.8 Å². The highest BCUT2D eigenvalue weighted by atomic mass is 31.2. The van der Waals surface area contributed by atoms with Gasteiger partial charge in [-0.1, -0.05) is 78.1 Å². The summed E-state index contributed by atoms with van der Waals surface area (Å²) in [6.07, 6.45) is 13.2. The highest BCUT2D eigenvalue weighted by molar-refractivity contribution is 7.45. The zero-order chi connectivity index (χ0) is 25.7. The number of phosphoric acid groups is 1. The van der Waals surface area contributed by atoms with Crippen LogP contribution in [0.4, 0.5) is 0 Å². The maximum absolute atomic E-state index is 12.1. The summed E-state index contributed by atoms with van der Waals surface area (Å²) in [5, 5.41) is 0. The van der Waals surface area contributed by atoms with E-state index in [0.29, 0.717) is 24.1 Å². The number of carbonyl (C=O) groups is 1. The van der Waals surface area contributed by atoms with E-state index in [0.717, 1.165) is 32.1 Å². The van der Waals surface area contributed by atoms with Crippen LogP contribution >= 0.6 is 7.82 Å². The number of nitrogens with zero attached hydrogens (tertiary/aromatic N) is 1. The largest absolute Gasteiger partial charge is 0.756 e. The summed E-state index contributed by atoms with van der Waals surface area (Å²) in [7, 11) is 1.35. The number of hydrogen-bond donors (Lipinski definition) is 0. The minimum Gasteiger partial charge on any atom is -0.756 e. The van der Waals surface area contributed by atoms with Crippen molar-refractivity contribution in [3.8, 4) is 0 Å². The normalized spacial score (nSPS) is 14.6. The molecule has 0 N–H and O–H groups in total. The van der Waals surface area contributed by atoms with E-state index in [1.807, 2.05) is 21.1 Å². The van der Waals surface area contributed by atoms with Crippen molar-refractivity contribution < 1.29 is 37.3 Å². The van der Waals surface area contributed by atoms with Crippen LogP contribution in [0, 0.1) is 0 Å².